The highest BCUT2D eigenvalue weighted by atomic mass is 16.5. The minimum atomic E-state index is -1.06. The number of aromatic carboxylic acids is 1. The predicted molar refractivity (Wildman–Crippen MR) is 113 cm³/mol. The molecule has 2 N–H and O–H groups in total. The molecule has 0 aliphatic carbocycles. The second-order valence-electron chi connectivity index (χ2n) is 6.61. The average molecular weight is 401 g/mol. The lowest BCUT2D eigenvalue weighted by molar-refractivity contribution is 0.0697. The van der Waals surface area contributed by atoms with Crippen molar-refractivity contribution in [1.29, 1.82) is 0 Å². The Bertz CT molecular complexity index is 1190. The molecule has 0 spiro atoms. The molecule has 0 bridgehead atoms. The Morgan fingerprint density at radius 3 is 2.70 bits per heavy atom. The maximum Gasteiger partial charge on any atom is 0.338 e. The zero-order chi connectivity index (χ0) is 20.9. The molecule has 0 saturated heterocycles. The molecule has 0 aliphatic heterocycles. The summed E-state index contributed by atoms with van der Waals surface area (Å²) < 4.78 is 5.17. The molecule has 0 unspecified atom stereocenters. The number of hydrogen-bond acceptors (Lipinski definition) is 7. The van der Waals surface area contributed by atoms with Gasteiger partial charge in [-0.15, -0.1) is 5.10 Å². The number of carbonyl (C=O) groups is 1. The van der Waals surface area contributed by atoms with Crippen LogP contribution in [0.15, 0.2) is 61.1 Å². The van der Waals surface area contributed by atoms with Crippen molar-refractivity contribution in [3.63, 3.8) is 0 Å². The van der Waals surface area contributed by atoms with Gasteiger partial charge < -0.3 is 15.2 Å². The van der Waals surface area contributed by atoms with Crippen LogP contribution in [0.25, 0.3) is 22.2 Å². The number of nitrogens with one attached hydrogen (secondary N) is 1. The van der Waals surface area contributed by atoms with Crippen molar-refractivity contribution in [1.82, 2.24) is 20.2 Å². The van der Waals surface area contributed by atoms with Crippen LogP contribution < -0.4 is 10.1 Å². The second-order valence-corrected chi connectivity index (χ2v) is 6.61. The third-order valence-electron chi connectivity index (χ3n) is 4.67. The summed E-state index contributed by atoms with van der Waals surface area (Å²) in [5.74, 6) is 0.502. The van der Waals surface area contributed by atoms with E-state index in [2.05, 4.69) is 25.5 Å². The number of fused-ring (bicyclic) bond motifs is 1. The first-order chi connectivity index (χ1) is 14.6. The number of ether oxygens (including phenoxy) is 1. The Hall–Kier alpha value is -4.07. The minimum absolute atomic E-state index is 0.0796. The van der Waals surface area contributed by atoms with Gasteiger partial charge in [-0.2, -0.15) is 5.10 Å². The maximum atomic E-state index is 11.4. The van der Waals surface area contributed by atoms with E-state index in [0.29, 0.717) is 5.56 Å². The van der Waals surface area contributed by atoms with Gasteiger partial charge in [-0.1, -0.05) is 12.1 Å². The van der Waals surface area contributed by atoms with Crippen molar-refractivity contribution in [2.45, 2.75) is 6.42 Å². The summed E-state index contributed by atoms with van der Waals surface area (Å²) >= 11 is 0. The van der Waals surface area contributed by atoms with Gasteiger partial charge in [0.05, 0.1) is 24.4 Å². The van der Waals surface area contributed by atoms with Crippen LogP contribution in [-0.2, 0) is 6.42 Å². The summed E-state index contributed by atoms with van der Waals surface area (Å²) in [7, 11) is 1.65. The van der Waals surface area contributed by atoms with Crippen molar-refractivity contribution in [3.8, 4) is 17.0 Å². The lowest BCUT2D eigenvalue weighted by Gasteiger charge is -2.08. The summed E-state index contributed by atoms with van der Waals surface area (Å²) in [5, 5.41) is 21.2. The highest BCUT2D eigenvalue weighted by Crippen LogP contribution is 2.24. The molecule has 30 heavy (non-hydrogen) atoms. The van der Waals surface area contributed by atoms with Crippen molar-refractivity contribution < 1.29 is 14.6 Å². The van der Waals surface area contributed by atoms with Crippen molar-refractivity contribution >= 4 is 22.7 Å². The van der Waals surface area contributed by atoms with Crippen molar-refractivity contribution in [2.75, 3.05) is 19.0 Å². The van der Waals surface area contributed by atoms with Crippen LogP contribution in [0.3, 0.4) is 0 Å². The predicted octanol–water partition coefficient (Wildman–Crippen LogP) is 3.45. The van der Waals surface area contributed by atoms with Crippen LogP contribution in [0.4, 0.5) is 5.82 Å². The first-order valence-electron chi connectivity index (χ1n) is 9.32. The number of carboxylic acids is 1. The van der Waals surface area contributed by atoms with Crippen LogP contribution in [0, 0.1) is 0 Å². The molecule has 0 radical (unpaired) electrons. The second kappa shape index (κ2) is 8.52. The van der Waals surface area contributed by atoms with Crippen LogP contribution >= 0.6 is 0 Å². The molecule has 4 rings (SSSR count). The zero-order valence-corrected chi connectivity index (χ0v) is 16.2. The Kier molecular flexibility index (Phi) is 5.47. The highest BCUT2D eigenvalue weighted by molar-refractivity contribution is 5.95. The monoisotopic (exact) mass is 401 g/mol. The number of hydrogen-bond donors (Lipinski definition) is 2. The number of rotatable bonds is 7. The first kappa shape index (κ1) is 19.3. The number of pyridine rings is 2. The van der Waals surface area contributed by atoms with Crippen LogP contribution in [0.2, 0.25) is 0 Å². The number of benzene rings is 1. The number of aromatic nitrogens is 4. The van der Waals surface area contributed by atoms with Gasteiger partial charge in [0.1, 0.15) is 17.3 Å². The summed E-state index contributed by atoms with van der Waals surface area (Å²) in [4.78, 5) is 20.3. The summed E-state index contributed by atoms with van der Waals surface area (Å²) in [6.07, 6.45) is 5.51. The minimum Gasteiger partial charge on any atom is -0.497 e. The summed E-state index contributed by atoms with van der Waals surface area (Å²) in [6.45, 7) is 0.727. The van der Waals surface area contributed by atoms with Crippen LogP contribution in [0.1, 0.15) is 15.9 Å². The fourth-order valence-electron chi connectivity index (χ4n) is 3.09. The average Bonchev–Trinajstić information content (AvgIpc) is 2.79. The molecule has 3 aromatic heterocycles. The number of nitrogens with zero attached hydrogens (tertiary/aromatic N) is 4. The molecule has 0 fully saturated rings. The lowest BCUT2D eigenvalue weighted by atomic mass is 10.1. The number of carboxylic acid groups (broad SMARTS) is 1. The van der Waals surface area contributed by atoms with Gasteiger partial charge >= 0.3 is 5.97 Å². The van der Waals surface area contributed by atoms with E-state index in [-0.39, 0.29) is 11.3 Å². The molecule has 0 amide bonds. The molecule has 0 aliphatic rings. The highest BCUT2D eigenvalue weighted by Gasteiger charge is 2.14. The standard InChI is InChI=1S/C22H19N5O3/c1-30-17-4-2-14(3-5-17)6-8-23-20-11-19-15(12-25-20)10-16(13-24-19)21-18(22(28)29)7-9-26-27-21/h2-5,7,9-13H,6,8H2,1H3,(H,23,25)(H,28,29). The molecule has 8 heteroatoms. The smallest absolute Gasteiger partial charge is 0.338 e. The van der Waals surface area contributed by atoms with Gasteiger partial charge in [0.15, 0.2) is 0 Å². The molecule has 150 valence electrons. The quantitative estimate of drug-likeness (QED) is 0.484. The molecular formula is C22H19N5O3. The van der Waals surface area contributed by atoms with Gasteiger partial charge in [-0.05, 0) is 36.2 Å². The van der Waals surface area contributed by atoms with Gasteiger partial charge in [0.2, 0.25) is 0 Å². The van der Waals surface area contributed by atoms with E-state index in [4.69, 9.17) is 4.74 Å². The summed E-state index contributed by atoms with van der Waals surface area (Å²) in [5.41, 5.74) is 2.89. The molecule has 4 aromatic rings. The van der Waals surface area contributed by atoms with E-state index >= 15 is 0 Å². The van der Waals surface area contributed by atoms with Gasteiger partial charge in [0.25, 0.3) is 0 Å². The van der Waals surface area contributed by atoms with Crippen LogP contribution in [0.5, 0.6) is 5.75 Å². The topological polar surface area (TPSA) is 110 Å². The van der Waals surface area contributed by atoms with Gasteiger partial charge in [-0.25, -0.2) is 9.78 Å². The fraction of sp³-hybridized carbons (Fsp3) is 0.136. The molecular weight excluding hydrogens is 382 g/mol. The van der Waals surface area contributed by atoms with E-state index in [0.717, 1.165) is 35.4 Å². The molecule has 8 nitrogen and oxygen atoms in total. The lowest BCUT2D eigenvalue weighted by Crippen LogP contribution is -2.06. The van der Waals surface area contributed by atoms with Gasteiger partial charge in [0, 0.05) is 36.0 Å². The Morgan fingerprint density at radius 1 is 1.10 bits per heavy atom. The molecule has 1 aromatic carbocycles. The molecule has 0 atom stereocenters. The Labute approximate surface area is 172 Å². The summed E-state index contributed by atoms with van der Waals surface area (Å²) in [6, 6.07) is 13.1. The van der Waals surface area contributed by atoms with Crippen molar-refractivity contribution in [3.05, 3.63) is 72.2 Å². The number of methoxy groups -OCH3 is 1. The Balaban J connectivity index is 1.48. The number of anilines is 1. The van der Waals surface area contributed by atoms with Gasteiger partial charge in [-0.3, -0.25) is 4.98 Å². The van der Waals surface area contributed by atoms with E-state index in [1.54, 1.807) is 19.5 Å². The van der Waals surface area contributed by atoms with Crippen LogP contribution in [-0.4, -0.2) is 44.9 Å². The van der Waals surface area contributed by atoms with E-state index in [1.165, 1.54) is 17.8 Å². The third-order valence-corrected chi connectivity index (χ3v) is 4.67. The van der Waals surface area contributed by atoms with Crippen molar-refractivity contribution in [2.24, 2.45) is 0 Å². The molecule has 3 heterocycles. The largest absolute Gasteiger partial charge is 0.497 e. The first-order valence-corrected chi connectivity index (χ1v) is 9.32. The third kappa shape index (κ3) is 4.17. The fourth-order valence-corrected chi connectivity index (χ4v) is 3.09. The van der Waals surface area contributed by atoms with E-state index < -0.39 is 5.97 Å². The Morgan fingerprint density at radius 2 is 1.93 bits per heavy atom. The van der Waals surface area contributed by atoms with E-state index in [9.17, 15) is 9.90 Å². The van der Waals surface area contributed by atoms with E-state index in [1.807, 2.05) is 36.4 Å². The SMILES string of the molecule is COc1ccc(CCNc2cc3ncc(-c4nnccc4C(=O)O)cc3cn2)cc1. The normalized spacial score (nSPS) is 10.7. The zero-order valence-electron chi connectivity index (χ0n) is 16.2. The maximum absolute atomic E-state index is 11.4. The molecule has 0 saturated carbocycles.